The predicted octanol–water partition coefficient (Wildman–Crippen LogP) is 5.17. The van der Waals surface area contributed by atoms with E-state index in [1.807, 2.05) is 0 Å². The van der Waals surface area contributed by atoms with Crippen LogP contribution in [0.25, 0.3) is 0 Å². The van der Waals surface area contributed by atoms with Gasteiger partial charge < -0.3 is 5.11 Å². The molecule has 3 heteroatoms. The average molecular weight is 280 g/mol. The van der Waals surface area contributed by atoms with Crippen molar-refractivity contribution in [1.82, 2.24) is 0 Å². The van der Waals surface area contributed by atoms with Gasteiger partial charge in [0.1, 0.15) is 0 Å². The molecule has 1 radical (unpaired) electrons. The van der Waals surface area contributed by atoms with E-state index in [1.165, 1.54) is 70.6 Å². The zero-order chi connectivity index (χ0) is 13.5. The molecule has 0 rings (SSSR count). The van der Waals surface area contributed by atoms with Crippen LogP contribution in [0.3, 0.4) is 0 Å². The van der Waals surface area contributed by atoms with Gasteiger partial charge in [-0.05, 0) is 6.42 Å². The van der Waals surface area contributed by atoms with Gasteiger partial charge in [0.2, 0.25) is 0 Å². The number of hydrogen-bond donors (Lipinski definition) is 1. The van der Waals surface area contributed by atoms with Gasteiger partial charge >= 0.3 is 5.97 Å². The van der Waals surface area contributed by atoms with Crippen LogP contribution < -0.4 is 0 Å². The predicted molar refractivity (Wildman–Crippen MR) is 83.7 cm³/mol. The fourth-order valence-corrected chi connectivity index (χ4v) is 2.29. The van der Waals surface area contributed by atoms with Crippen molar-refractivity contribution >= 4 is 35.5 Å². The topological polar surface area (TPSA) is 37.3 Å². The van der Waals surface area contributed by atoms with Crippen LogP contribution in [0, 0.1) is 0 Å². The maximum Gasteiger partial charge on any atom is 0.303 e. The summed E-state index contributed by atoms with van der Waals surface area (Å²) in [5.74, 6) is -0.655. The minimum Gasteiger partial charge on any atom is -0.481 e. The second kappa shape index (κ2) is 18.5. The molecule has 0 aliphatic rings. The summed E-state index contributed by atoms with van der Waals surface area (Å²) >= 11 is 0. The van der Waals surface area contributed by atoms with Gasteiger partial charge in [-0.2, -0.15) is 0 Å². The van der Waals surface area contributed by atoms with Crippen molar-refractivity contribution in [2.24, 2.45) is 0 Å². The first-order valence-corrected chi connectivity index (χ1v) is 7.99. The Balaban J connectivity index is 0. The summed E-state index contributed by atoms with van der Waals surface area (Å²) < 4.78 is 0. The maximum absolute atomic E-state index is 10.3. The number of rotatable bonds is 14. The molecule has 0 saturated carbocycles. The van der Waals surface area contributed by atoms with Crippen LogP contribution in [-0.2, 0) is 4.79 Å². The molecule has 0 saturated heterocycles. The molecule has 0 heterocycles. The standard InChI is InChI=1S/C16H32O2.Na/c1-2-3-4-5-6-7-8-9-10-11-12-13-14-15-16(17)18;/h2-15H2,1H3,(H,17,18);/i16+1;. The Kier molecular flexibility index (Phi) is 21.2. The van der Waals surface area contributed by atoms with Crippen LogP contribution in [-0.4, -0.2) is 40.6 Å². The van der Waals surface area contributed by atoms with Crippen molar-refractivity contribution in [2.45, 2.75) is 96.8 Å². The molecular formula is C16H32NaO2. The number of carboxylic acid groups (broad SMARTS) is 1. The van der Waals surface area contributed by atoms with Gasteiger partial charge in [0, 0.05) is 36.0 Å². The van der Waals surface area contributed by atoms with Crippen molar-refractivity contribution in [3.63, 3.8) is 0 Å². The first-order valence-electron chi connectivity index (χ1n) is 7.99. The zero-order valence-electron chi connectivity index (χ0n) is 13.3. The monoisotopic (exact) mass is 280 g/mol. The smallest absolute Gasteiger partial charge is 0.303 e. The molecule has 1 N–H and O–H groups in total. The molecule has 0 aromatic heterocycles. The third-order valence-corrected chi connectivity index (χ3v) is 3.49. The first kappa shape index (κ1) is 21.8. The van der Waals surface area contributed by atoms with Crippen LogP contribution in [0.4, 0.5) is 0 Å². The molecule has 0 aromatic carbocycles. The van der Waals surface area contributed by atoms with Crippen LogP contribution in [0.2, 0.25) is 0 Å². The molecule has 109 valence electrons. The van der Waals surface area contributed by atoms with E-state index in [0.29, 0.717) is 6.42 Å². The number of aliphatic carboxylic acids is 1. The van der Waals surface area contributed by atoms with Gasteiger partial charge in [-0.25, -0.2) is 0 Å². The van der Waals surface area contributed by atoms with Crippen LogP contribution >= 0.6 is 0 Å². The van der Waals surface area contributed by atoms with Gasteiger partial charge in [0.15, 0.2) is 0 Å². The van der Waals surface area contributed by atoms with E-state index >= 15 is 0 Å². The minimum atomic E-state index is -0.655. The van der Waals surface area contributed by atoms with Gasteiger partial charge in [-0.3, -0.25) is 4.79 Å². The molecule has 0 amide bonds. The van der Waals surface area contributed by atoms with Crippen molar-refractivity contribution in [2.75, 3.05) is 0 Å². The number of carboxylic acids is 1. The largest absolute Gasteiger partial charge is 0.481 e. The Morgan fingerprint density at radius 2 is 1.00 bits per heavy atom. The SMILES string of the molecule is CCCCCCCCCCCCCCC[13C](=O)O.[Na]. The van der Waals surface area contributed by atoms with Crippen molar-refractivity contribution in [3.05, 3.63) is 0 Å². The second-order valence-electron chi connectivity index (χ2n) is 5.39. The maximum atomic E-state index is 10.3. The van der Waals surface area contributed by atoms with Crippen molar-refractivity contribution in [3.8, 4) is 0 Å². The van der Waals surface area contributed by atoms with E-state index in [1.54, 1.807) is 0 Å². The Labute approximate surface area is 142 Å². The van der Waals surface area contributed by atoms with E-state index in [4.69, 9.17) is 5.11 Å². The molecule has 0 atom stereocenters. The Bertz CT molecular complexity index is 184. The van der Waals surface area contributed by atoms with Gasteiger partial charge in [0.05, 0.1) is 0 Å². The Hall–Kier alpha value is 0.470. The minimum absolute atomic E-state index is 0. The Morgan fingerprint density at radius 1 is 0.684 bits per heavy atom. The Morgan fingerprint density at radius 3 is 1.32 bits per heavy atom. The molecule has 0 spiro atoms. The van der Waals surface area contributed by atoms with Crippen LogP contribution in [0.5, 0.6) is 0 Å². The molecule has 0 aliphatic carbocycles. The third kappa shape index (κ3) is 20.9. The summed E-state index contributed by atoms with van der Waals surface area (Å²) in [5.41, 5.74) is 0. The molecule has 2 nitrogen and oxygen atoms in total. The van der Waals surface area contributed by atoms with Gasteiger partial charge in [0.25, 0.3) is 0 Å². The van der Waals surface area contributed by atoms with Crippen molar-refractivity contribution < 1.29 is 9.90 Å². The fraction of sp³-hybridized carbons (Fsp3) is 0.938. The molecule has 19 heavy (non-hydrogen) atoms. The quantitative estimate of drug-likeness (QED) is 0.271. The summed E-state index contributed by atoms with van der Waals surface area (Å²) in [7, 11) is 0. The summed E-state index contributed by atoms with van der Waals surface area (Å²) in [6.45, 7) is 2.26. The summed E-state index contributed by atoms with van der Waals surface area (Å²) in [4.78, 5) is 10.3. The van der Waals surface area contributed by atoms with E-state index in [9.17, 15) is 4.79 Å². The number of carbonyl (C=O) groups is 1. The van der Waals surface area contributed by atoms with E-state index in [2.05, 4.69) is 6.92 Å². The third-order valence-electron chi connectivity index (χ3n) is 3.49. The fourth-order valence-electron chi connectivity index (χ4n) is 2.29. The molecule has 0 unspecified atom stereocenters. The molecule has 0 aliphatic heterocycles. The summed E-state index contributed by atoms with van der Waals surface area (Å²) in [6, 6.07) is 0. The first-order chi connectivity index (χ1) is 8.77. The van der Waals surface area contributed by atoms with Crippen LogP contribution in [0.1, 0.15) is 96.8 Å². The number of unbranched alkanes of at least 4 members (excludes halogenated alkanes) is 12. The van der Waals surface area contributed by atoms with Crippen LogP contribution in [0.15, 0.2) is 0 Å². The number of hydrogen-bond acceptors (Lipinski definition) is 1. The zero-order valence-corrected chi connectivity index (χ0v) is 15.3. The molecule has 0 fully saturated rings. The normalized spacial score (nSPS) is 10.2. The summed E-state index contributed by atoms with van der Waals surface area (Å²) in [5, 5.41) is 8.49. The van der Waals surface area contributed by atoms with Crippen molar-refractivity contribution in [1.29, 1.82) is 0 Å². The second-order valence-corrected chi connectivity index (χ2v) is 5.39. The van der Waals surface area contributed by atoms with Gasteiger partial charge in [-0.1, -0.05) is 84.0 Å². The van der Waals surface area contributed by atoms with E-state index in [0.717, 1.165) is 12.8 Å². The van der Waals surface area contributed by atoms with Gasteiger partial charge in [-0.15, -0.1) is 0 Å². The molecule has 0 aromatic rings. The van der Waals surface area contributed by atoms with E-state index in [-0.39, 0.29) is 29.6 Å². The molecule has 0 bridgehead atoms. The van der Waals surface area contributed by atoms with E-state index < -0.39 is 5.97 Å². The summed E-state index contributed by atoms with van der Waals surface area (Å²) in [6.07, 6.45) is 17.3. The average Bonchev–Trinajstić information content (AvgIpc) is 2.34. The molecular weight excluding hydrogens is 248 g/mol.